The minimum absolute atomic E-state index is 0.111. The average Bonchev–Trinajstić information content (AvgIpc) is 2.91. The molecule has 0 aromatic heterocycles. The van der Waals surface area contributed by atoms with E-state index in [-0.39, 0.29) is 24.5 Å². The fraction of sp³-hybridized carbons (Fsp3) is 0.556. The zero-order valence-corrected chi connectivity index (χ0v) is 14.0. The second-order valence-corrected chi connectivity index (χ2v) is 6.31. The first-order valence-corrected chi connectivity index (χ1v) is 8.12. The van der Waals surface area contributed by atoms with E-state index in [1.165, 1.54) is 0 Å². The molecule has 1 aromatic rings. The molecule has 1 aromatic carbocycles. The highest BCUT2D eigenvalue weighted by Gasteiger charge is 2.26. The van der Waals surface area contributed by atoms with Gasteiger partial charge in [-0.05, 0) is 56.7 Å². The number of carboxylic acid groups (broad SMARTS) is 1. The smallest absolute Gasteiger partial charge is 0.330 e. The number of amides is 1. The molecule has 2 rings (SSSR count). The van der Waals surface area contributed by atoms with Gasteiger partial charge >= 0.3 is 5.97 Å². The predicted octanol–water partition coefficient (Wildman–Crippen LogP) is 2.89. The van der Waals surface area contributed by atoms with Gasteiger partial charge in [0.25, 0.3) is 0 Å². The van der Waals surface area contributed by atoms with Gasteiger partial charge in [0.1, 0.15) is 0 Å². The molecule has 1 heterocycles. The lowest BCUT2D eigenvalue weighted by Gasteiger charge is -2.19. The number of hydrogen-bond acceptors (Lipinski definition) is 3. The second-order valence-electron chi connectivity index (χ2n) is 6.31. The van der Waals surface area contributed by atoms with Crippen LogP contribution in [-0.4, -0.2) is 29.2 Å². The molecule has 2 N–H and O–H groups in total. The summed E-state index contributed by atoms with van der Waals surface area (Å²) in [5.74, 6) is -1.29. The molecular weight excluding hydrogens is 294 g/mol. The van der Waals surface area contributed by atoms with Gasteiger partial charge in [0.05, 0.1) is 12.2 Å². The Morgan fingerprint density at radius 1 is 1.35 bits per heavy atom. The Bertz CT molecular complexity index is 584. The van der Waals surface area contributed by atoms with E-state index in [1.807, 2.05) is 32.9 Å². The van der Waals surface area contributed by atoms with Gasteiger partial charge in [0.15, 0.2) is 6.04 Å². The van der Waals surface area contributed by atoms with Crippen LogP contribution in [0.15, 0.2) is 18.2 Å². The van der Waals surface area contributed by atoms with Crippen molar-refractivity contribution in [2.75, 3.05) is 0 Å². The van der Waals surface area contributed by atoms with E-state index in [4.69, 9.17) is 4.74 Å². The number of nitrogens with one attached hydrogen (secondary N) is 1. The normalized spacial score (nSPS) is 21.9. The zero-order chi connectivity index (χ0) is 17.0. The maximum Gasteiger partial charge on any atom is 0.330 e. The number of carboxylic acids is 1. The number of hydrogen-bond donors (Lipinski definition) is 2. The molecule has 0 bridgehead atoms. The number of ether oxygens (including phenoxy) is 1. The highest BCUT2D eigenvalue weighted by molar-refractivity contribution is 5.84. The molecular formula is C18H25NO4. The number of benzene rings is 1. The first-order chi connectivity index (χ1) is 10.9. The number of carbonyl (C=O) groups is 2. The van der Waals surface area contributed by atoms with Crippen molar-refractivity contribution >= 4 is 11.9 Å². The van der Waals surface area contributed by atoms with Crippen LogP contribution < -0.4 is 5.32 Å². The number of aliphatic carboxylic acids is 1. The van der Waals surface area contributed by atoms with Crippen LogP contribution >= 0.6 is 0 Å². The molecule has 1 fully saturated rings. The largest absolute Gasteiger partial charge is 0.479 e. The summed E-state index contributed by atoms with van der Waals surface area (Å²) in [7, 11) is 0. The minimum Gasteiger partial charge on any atom is -0.479 e. The Kier molecular flexibility index (Phi) is 5.77. The van der Waals surface area contributed by atoms with Crippen molar-refractivity contribution in [2.45, 2.75) is 64.7 Å². The predicted molar refractivity (Wildman–Crippen MR) is 87.2 cm³/mol. The fourth-order valence-corrected chi connectivity index (χ4v) is 2.98. The molecule has 0 aliphatic carbocycles. The summed E-state index contributed by atoms with van der Waals surface area (Å²) in [5.41, 5.74) is 2.54. The van der Waals surface area contributed by atoms with Crippen LogP contribution in [0.1, 0.15) is 55.3 Å². The quantitative estimate of drug-likeness (QED) is 0.845. The van der Waals surface area contributed by atoms with Gasteiger partial charge in [-0.2, -0.15) is 0 Å². The van der Waals surface area contributed by atoms with Crippen LogP contribution in [0, 0.1) is 13.8 Å². The van der Waals surface area contributed by atoms with Gasteiger partial charge in [0, 0.05) is 6.42 Å². The third-order valence-corrected chi connectivity index (χ3v) is 4.52. The minimum atomic E-state index is -1.04. The Labute approximate surface area is 137 Å². The van der Waals surface area contributed by atoms with Crippen molar-refractivity contribution in [1.29, 1.82) is 0 Å². The maximum absolute atomic E-state index is 12.1. The first kappa shape index (κ1) is 17.5. The Morgan fingerprint density at radius 3 is 2.70 bits per heavy atom. The van der Waals surface area contributed by atoms with Crippen molar-refractivity contribution in [3.05, 3.63) is 34.9 Å². The highest BCUT2D eigenvalue weighted by Crippen LogP contribution is 2.24. The molecule has 1 saturated heterocycles. The van der Waals surface area contributed by atoms with E-state index in [1.54, 1.807) is 6.07 Å². The molecule has 1 aliphatic heterocycles. The topological polar surface area (TPSA) is 75.6 Å². The third-order valence-electron chi connectivity index (χ3n) is 4.52. The molecule has 23 heavy (non-hydrogen) atoms. The molecule has 1 aliphatic rings. The van der Waals surface area contributed by atoms with Crippen LogP contribution in [-0.2, 0) is 14.3 Å². The molecule has 1 amide bonds. The standard InChI is InChI=1S/C18H25NO4/c1-11-5-4-6-15(13(11)3)17(18(21)22)19-16(20)10-9-14-8-7-12(2)23-14/h4-6,12,14,17H,7-10H2,1-3H3,(H,19,20)(H,21,22). The number of rotatable bonds is 6. The van der Waals surface area contributed by atoms with Crippen LogP contribution in [0.4, 0.5) is 0 Å². The lowest BCUT2D eigenvalue weighted by Crippen LogP contribution is -2.34. The summed E-state index contributed by atoms with van der Waals surface area (Å²) in [5, 5.41) is 12.1. The molecule has 3 atom stereocenters. The molecule has 5 heteroatoms. The van der Waals surface area contributed by atoms with Gasteiger partial charge in [-0.15, -0.1) is 0 Å². The van der Waals surface area contributed by atoms with Gasteiger partial charge in [-0.25, -0.2) is 4.79 Å². The number of carbonyl (C=O) groups excluding carboxylic acids is 1. The van der Waals surface area contributed by atoms with Crippen LogP contribution in [0.5, 0.6) is 0 Å². The van der Waals surface area contributed by atoms with E-state index < -0.39 is 12.0 Å². The summed E-state index contributed by atoms with van der Waals surface area (Å²) >= 11 is 0. The summed E-state index contributed by atoms with van der Waals surface area (Å²) in [6.45, 7) is 5.83. The van der Waals surface area contributed by atoms with E-state index in [0.717, 1.165) is 24.0 Å². The van der Waals surface area contributed by atoms with Crippen LogP contribution in [0.3, 0.4) is 0 Å². The Hall–Kier alpha value is -1.88. The third kappa shape index (κ3) is 4.55. The van der Waals surface area contributed by atoms with Crippen molar-refractivity contribution in [1.82, 2.24) is 5.32 Å². The molecule has 0 radical (unpaired) electrons. The van der Waals surface area contributed by atoms with Crippen LogP contribution in [0.25, 0.3) is 0 Å². The lowest BCUT2D eigenvalue weighted by atomic mass is 9.97. The van der Waals surface area contributed by atoms with Gasteiger partial charge in [-0.1, -0.05) is 18.2 Å². The van der Waals surface area contributed by atoms with Crippen molar-refractivity contribution in [3.63, 3.8) is 0 Å². The average molecular weight is 319 g/mol. The molecule has 126 valence electrons. The fourth-order valence-electron chi connectivity index (χ4n) is 2.98. The second kappa shape index (κ2) is 7.59. The van der Waals surface area contributed by atoms with E-state index in [2.05, 4.69) is 5.32 Å². The van der Waals surface area contributed by atoms with Crippen molar-refractivity contribution in [2.24, 2.45) is 0 Å². The summed E-state index contributed by atoms with van der Waals surface area (Å²) < 4.78 is 5.69. The number of aryl methyl sites for hydroxylation is 1. The Balaban J connectivity index is 1.98. The monoisotopic (exact) mass is 319 g/mol. The molecule has 0 spiro atoms. The van der Waals surface area contributed by atoms with Gasteiger partial charge < -0.3 is 15.2 Å². The Morgan fingerprint density at radius 2 is 2.09 bits per heavy atom. The van der Waals surface area contributed by atoms with E-state index >= 15 is 0 Å². The summed E-state index contributed by atoms with van der Waals surface area (Å²) in [6.07, 6.45) is 3.27. The highest BCUT2D eigenvalue weighted by atomic mass is 16.5. The van der Waals surface area contributed by atoms with E-state index in [9.17, 15) is 14.7 Å². The van der Waals surface area contributed by atoms with E-state index in [0.29, 0.717) is 12.0 Å². The van der Waals surface area contributed by atoms with Crippen molar-refractivity contribution in [3.8, 4) is 0 Å². The van der Waals surface area contributed by atoms with Crippen molar-refractivity contribution < 1.29 is 19.4 Å². The SMILES string of the molecule is Cc1cccc(C(NC(=O)CCC2CCC(C)O2)C(=O)O)c1C. The zero-order valence-electron chi connectivity index (χ0n) is 14.0. The van der Waals surface area contributed by atoms with Gasteiger partial charge in [-0.3, -0.25) is 4.79 Å². The van der Waals surface area contributed by atoms with Gasteiger partial charge in [0.2, 0.25) is 5.91 Å². The molecule has 5 nitrogen and oxygen atoms in total. The summed E-state index contributed by atoms with van der Waals surface area (Å²) in [6, 6.07) is 4.49. The first-order valence-electron chi connectivity index (χ1n) is 8.12. The molecule has 0 saturated carbocycles. The molecule has 3 unspecified atom stereocenters. The maximum atomic E-state index is 12.1. The summed E-state index contributed by atoms with van der Waals surface area (Å²) in [4.78, 5) is 23.7. The van der Waals surface area contributed by atoms with Crippen LogP contribution in [0.2, 0.25) is 0 Å². The lowest BCUT2D eigenvalue weighted by molar-refractivity contribution is -0.142.